The number of para-hydroxylation sites is 2. The van der Waals surface area contributed by atoms with Crippen molar-refractivity contribution in [1.29, 1.82) is 0 Å². The number of ether oxygens (including phenoxy) is 2. The van der Waals surface area contributed by atoms with Crippen LogP contribution in [-0.4, -0.2) is 41.1 Å². The summed E-state index contributed by atoms with van der Waals surface area (Å²) in [6.07, 6.45) is 0. The standard InChI is InChI=1S/C23H24N2O6S2/c1-5-31-23(27)21-15(2)14-20(32-21)24-22(26)16-10-12-17(13-11-16)33(28,29)25(3)18-8-6-7-9-19(18)30-4/h6-14H,5H2,1-4H3,(H,24,26). The molecule has 3 aromatic rings. The Hall–Kier alpha value is -3.37. The highest BCUT2D eigenvalue weighted by atomic mass is 32.2. The van der Waals surface area contributed by atoms with E-state index in [2.05, 4.69) is 5.32 Å². The van der Waals surface area contributed by atoms with Crippen molar-refractivity contribution < 1.29 is 27.5 Å². The number of carbonyl (C=O) groups is 2. The Balaban J connectivity index is 1.77. The Labute approximate surface area is 196 Å². The number of anilines is 2. The molecule has 1 aromatic heterocycles. The number of nitrogens with one attached hydrogen (secondary N) is 1. The number of rotatable bonds is 8. The third-order valence-corrected chi connectivity index (χ3v) is 7.73. The normalized spacial score (nSPS) is 11.0. The summed E-state index contributed by atoms with van der Waals surface area (Å²) in [5.41, 5.74) is 1.37. The van der Waals surface area contributed by atoms with Crippen molar-refractivity contribution in [2.45, 2.75) is 18.7 Å². The Morgan fingerprint density at radius 3 is 2.39 bits per heavy atom. The molecule has 0 unspecified atom stereocenters. The molecule has 0 aliphatic carbocycles. The van der Waals surface area contributed by atoms with E-state index in [1.165, 1.54) is 38.4 Å². The van der Waals surface area contributed by atoms with E-state index >= 15 is 0 Å². The predicted octanol–water partition coefficient (Wildman–Crippen LogP) is 4.32. The number of nitrogens with zero attached hydrogens (tertiary/aromatic N) is 1. The summed E-state index contributed by atoms with van der Waals surface area (Å²) in [6, 6.07) is 14.1. The molecule has 2 aromatic carbocycles. The molecule has 3 rings (SSSR count). The van der Waals surface area contributed by atoms with Crippen LogP contribution in [0, 0.1) is 6.92 Å². The molecule has 174 valence electrons. The van der Waals surface area contributed by atoms with Gasteiger partial charge in [0.05, 0.1) is 29.3 Å². The summed E-state index contributed by atoms with van der Waals surface area (Å²) < 4.78 is 37.5. The van der Waals surface area contributed by atoms with Crippen LogP contribution in [0.25, 0.3) is 0 Å². The zero-order valence-corrected chi connectivity index (χ0v) is 20.2. The van der Waals surface area contributed by atoms with E-state index in [1.54, 1.807) is 44.2 Å². The second-order valence-corrected chi connectivity index (χ2v) is 9.99. The van der Waals surface area contributed by atoms with Crippen molar-refractivity contribution in [3.63, 3.8) is 0 Å². The van der Waals surface area contributed by atoms with Crippen molar-refractivity contribution in [3.8, 4) is 5.75 Å². The first-order chi connectivity index (χ1) is 15.7. The molecule has 10 heteroatoms. The van der Waals surface area contributed by atoms with Crippen LogP contribution < -0.4 is 14.4 Å². The maximum Gasteiger partial charge on any atom is 0.348 e. The first-order valence-corrected chi connectivity index (χ1v) is 12.3. The van der Waals surface area contributed by atoms with Crippen molar-refractivity contribution in [2.24, 2.45) is 0 Å². The lowest BCUT2D eigenvalue weighted by Gasteiger charge is -2.21. The number of hydrogen-bond acceptors (Lipinski definition) is 7. The Morgan fingerprint density at radius 2 is 1.76 bits per heavy atom. The van der Waals surface area contributed by atoms with E-state index in [0.717, 1.165) is 15.6 Å². The maximum absolute atomic E-state index is 13.1. The molecule has 0 atom stereocenters. The summed E-state index contributed by atoms with van der Waals surface area (Å²) in [5, 5.41) is 3.23. The molecule has 0 radical (unpaired) electrons. The highest BCUT2D eigenvalue weighted by molar-refractivity contribution is 7.92. The first kappa shape index (κ1) is 24.3. The summed E-state index contributed by atoms with van der Waals surface area (Å²) in [7, 11) is -0.963. The van der Waals surface area contributed by atoms with Crippen LogP contribution in [0.15, 0.2) is 59.5 Å². The number of thiophene rings is 1. The van der Waals surface area contributed by atoms with Crippen LogP contribution in [0.4, 0.5) is 10.7 Å². The number of carbonyl (C=O) groups excluding carboxylic acids is 2. The van der Waals surface area contributed by atoms with Gasteiger partial charge in [-0.15, -0.1) is 11.3 Å². The van der Waals surface area contributed by atoms with E-state index in [4.69, 9.17) is 9.47 Å². The van der Waals surface area contributed by atoms with Gasteiger partial charge in [-0.3, -0.25) is 9.10 Å². The highest BCUT2D eigenvalue weighted by Gasteiger charge is 2.24. The number of methoxy groups -OCH3 is 1. The summed E-state index contributed by atoms with van der Waals surface area (Å²) in [4.78, 5) is 25.1. The second kappa shape index (κ2) is 10.1. The molecular weight excluding hydrogens is 464 g/mol. The van der Waals surface area contributed by atoms with E-state index < -0.39 is 21.9 Å². The largest absolute Gasteiger partial charge is 0.495 e. The van der Waals surface area contributed by atoms with Crippen LogP contribution in [0.5, 0.6) is 5.75 Å². The minimum Gasteiger partial charge on any atom is -0.495 e. The molecule has 8 nitrogen and oxygen atoms in total. The van der Waals surface area contributed by atoms with Crippen molar-refractivity contribution in [3.05, 3.63) is 70.6 Å². The zero-order valence-electron chi connectivity index (χ0n) is 18.6. The van der Waals surface area contributed by atoms with Gasteiger partial charge in [0.1, 0.15) is 10.6 Å². The summed E-state index contributed by atoms with van der Waals surface area (Å²) in [5.74, 6) is -0.434. The molecule has 0 fully saturated rings. The summed E-state index contributed by atoms with van der Waals surface area (Å²) >= 11 is 1.12. The fourth-order valence-corrected chi connectivity index (χ4v) is 5.25. The molecule has 0 saturated heterocycles. The second-order valence-electron chi connectivity index (χ2n) is 6.97. The molecule has 1 heterocycles. The number of sulfonamides is 1. The van der Waals surface area contributed by atoms with Gasteiger partial charge < -0.3 is 14.8 Å². The number of aryl methyl sites for hydroxylation is 1. The third kappa shape index (κ3) is 5.18. The lowest BCUT2D eigenvalue weighted by molar-refractivity contribution is 0.0531. The fraction of sp³-hybridized carbons (Fsp3) is 0.217. The molecule has 0 spiro atoms. The molecule has 0 saturated carbocycles. The molecule has 1 N–H and O–H groups in total. The van der Waals surface area contributed by atoms with Crippen molar-refractivity contribution in [1.82, 2.24) is 0 Å². The SMILES string of the molecule is CCOC(=O)c1sc(NC(=O)c2ccc(S(=O)(=O)N(C)c3ccccc3OC)cc2)cc1C. The first-order valence-electron chi connectivity index (χ1n) is 10.00. The van der Waals surface area contributed by atoms with Crippen molar-refractivity contribution >= 4 is 43.9 Å². The molecule has 0 bridgehead atoms. The fourth-order valence-electron chi connectivity index (χ4n) is 3.08. The quantitative estimate of drug-likeness (QED) is 0.474. The Morgan fingerprint density at radius 1 is 1.09 bits per heavy atom. The smallest absolute Gasteiger partial charge is 0.348 e. The monoisotopic (exact) mass is 488 g/mol. The van der Waals surface area contributed by atoms with Crippen LogP contribution in [0.3, 0.4) is 0 Å². The highest BCUT2D eigenvalue weighted by Crippen LogP contribution is 2.31. The summed E-state index contributed by atoms with van der Waals surface area (Å²) in [6.45, 7) is 3.75. The lowest BCUT2D eigenvalue weighted by Crippen LogP contribution is -2.27. The maximum atomic E-state index is 13.1. The molecular formula is C23H24N2O6S2. The number of benzene rings is 2. The van der Waals surface area contributed by atoms with E-state index in [1.807, 2.05) is 0 Å². The van der Waals surface area contributed by atoms with Gasteiger partial charge in [-0.25, -0.2) is 13.2 Å². The third-order valence-electron chi connectivity index (χ3n) is 4.81. The van der Waals surface area contributed by atoms with Crippen LogP contribution in [-0.2, 0) is 14.8 Å². The topological polar surface area (TPSA) is 102 Å². The van der Waals surface area contributed by atoms with Crippen LogP contribution in [0.2, 0.25) is 0 Å². The Kier molecular flexibility index (Phi) is 7.39. The van der Waals surface area contributed by atoms with E-state index in [-0.39, 0.29) is 17.1 Å². The minimum atomic E-state index is -3.87. The average Bonchev–Trinajstić information content (AvgIpc) is 3.18. The zero-order chi connectivity index (χ0) is 24.2. The van der Waals surface area contributed by atoms with Crippen LogP contribution >= 0.6 is 11.3 Å². The molecule has 1 amide bonds. The minimum absolute atomic E-state index is 0.0315. The van der Waals surface area contributed by atoms with Gasteiger partial charge >= 0.3 is 5.97 Å². The van der Waals surface area contributed by atoms with Gasteiger partial charge in [-0.05, 0) is 61.9 Å². The Bertz CT molecular complexity index is 1270. The van der Waals surface area contributed by atoms with Gasteiger partial charge in [-0.2, -0.15) is 0 Å². The molecule has 0 aliphatic rings. The average molecular weight is 489 g/mol. The van der Waals surface area contributed by atoms with Gasteiger partial charge in [0.2, 0.25) is 0 Å². The van der Waals surface area contributed by atoms with Gasteiger partial charge in [-0.1, -0.05) is 12.1 Å². The van der Waals surface area contributed by atoms with Crippen LogP contribution in [0.1, 0.15) is 32.5 Å². The molecule has 0 aliphatic heterocycles. The number of amides is 1. The van der Waals surface area contributed by atoms with E-state index in [9.17, 15) is 18.0 Å². The van der Waals surface area contributed by atoms with Gasteiger partial charge in [0.15, 0.2) is 0 Å². The number of esters is 1. The lowest BCUT2D eigenvalue weighted by atomic mass is 10.2. The molecule has 33 heavy (non-hydrogen) atoms. The predicted molar refractivity (Wildman–Crippen MR) is 128 cm³/mol. The van der Waals surface area contributed by atoms with Gasteiger partial charge in [0, 0.05) is 12.6 Å². The number of hydrogen-bond donors (Lipinski definition) is 1. The van der Waals surface area contributed by atoms with Gasteiger partial charge in [0.25, 0.3) is 15.9 Å². The van der Waals surface area contributed by atoms with Crippen molar-refractivity contribution in [2.75, 3.05) is 30.4 Å². The van der Waals surface area contributed by atoms with E-state index in [0.29, 0.717) is 26.9 Å².